The lowest BCUT2D eigenvalue weighted by Gasteiger charge is -2.13. The molecule has 0 aliphatic carbocycles. The summed E-state index contributed by atoms with van der Waals surface area (Å²) in [4.78, 5) is 23.6. The van der Waals surface area contributed by atoms with Gasteiger partial charge in [-0.25, -0.2) is 0 Å². The van der Waals surface area contributed by atoms with Crippen LogP contribution in [0.15, 0.2) is 12.1 Å². The molecular formula is C15H17ClO5. The van der Waals surface area contributed by atoms with E-state index in [0.717, 1.165) is 6.42 Å². The van der Waals surface area contributed by atoms with Crippen molar-refractivity contribution >= 4 is 23.4 Å². The summed E-state index contributed by atoms with van der Waals surface area (Å²) in [6, 6.07) is 3.16. The second-order valence-corrected chi connectivity index (χ2v) is 5.29. The van der Waals surface area contributed by atoms with Crippen molar-refractivity contribution in [3.8, 4) is 11.5 Å². The monoisotopic (exact) mass is 312 g/mol. The number of Topliss-reactive ketones (excluding diaryl/α,β-unsaturated/α-hetero) is 1. The molecule has 1 aliphatic heterocycles. The molecule has 1 aliphatic rings. The van der Waals surface area contributed by atoms with E-state index < -0.39 is 11.9 Å². The van der Waals surface area contributed by atoms with Gasteiger partial charge in [0.25, 0.3) is 0 Å². The van der Waals surface area contributed by atoms with Gasteiger partial charge >= 0.3 is 5.97 Å². The Kier molecular flexibility index (Phi) is 5.07. The van der Waals surface area contributed by atoms with Crippen LogP contribution in [0.1, 0.15) is 30.1 Å². The molecule has 1 heterocycles. The summed E-state index contributed by atoms with van der Waals surface area (Å²) in [5.74, 6) is -0.160. The van der Waals surface area contributed by atoms with Gasteiger partial charge in [-0.05, 0) is 12.1 Å². The van der Waals surface area contributed by atoms with E-state index in [1.165, 1.54) is 7.11 Å². The molecule has 5 nitrogen and oxygen atoms in total. The molecule has 1 aromatic carbocycles. The SMILES string of the molecule is COC(=O)CC(C)C(=O)c1cc(Cl)c2c(c1)OCCCO2. The fourth-order valence-electron chi connectivity index (χ4n) is 2.08. The van der Waals surface area contributed by atoms with Gasteiger partial charge in [-0.2, -0.15) is 0 Å². The van der Waals surface area contributed by atoms with Crippen LogP contribution in [-0.4, -0.2) is 32.1 Å². The Balaban J connectivity index is 2.24. The Labute approximate surface area is 128 Å². The van der Waals surface area contributed by atoms with Gasteiger partial charge < -0.3 is 14.2 Å². The number of ether oxygens (including phenoxy) is 3. The van der Waals surface area contributed by atoms with Crippen LogP contribution < -0.4 is 9.47 Å². The minimum absolute atomic E-state index is 0.0292. The molecule has 0 amide bonds. The first-order valence-corrected chi connectivity index (χ1v) is 7.11. The van der Waals surface area contributed by atoms with Gasteiger partial charge in [-0.15, -0.1) is 0 Å². The van der Waals surface area contributed by atoms with Crippen LogP contribution in [0.5, 0.6) is 11.5 Å². The molecule has 6 heteroatoms. The molecule has 2 rings (SSSR count). The molecule has 1 unspecified atom stereocenters. The third kappa shape index (κ3) is 3.67. The predicted molar refractivity (Wildman–Crippen MR) is 77.2 cm³/mol. The maximum atomic E-state index is 12.4. The normalized spacial score (nSPS) is 15.0. The first-order chi connectivity index (χ1) is 10.0. The van der Waals surface area contributed by atoms with Crippen molar-refractivity contribution in [2.75, 3.05) is 20.3 Å². The maximum absolute atomic E-state index is 12.4. The summed E-state index contributed by atoms with van der Waals surface area (Å²) in [7, 11) is 1.30. The average molecular weight is 313 g/mol. The Hall–Kier alpha value is -1.75. The number of halogens is 1. The fourth-order valence-corrected chi connectivity index (χ4v) is 2.35. The van der Waals surface area contributed by atoms with Crippen LogP contribution >= 0.6 is 11.6 Å². The van der Waals surface area contributed by atoms with E-state index in [1.54, 1.807) is 19.1 Å². The molecule has 0 radical (unpaired) electrons. The predicted octanol–water partition coefficient (Wildman–Crippen LogP) is 2.88. The summed E-state index contributed by atoms with van der Waals surface area (Å²) in [5, 5.41) is 0.336. The highest BCUT2D eigenvalue weighted by Gasteiger charge is 2.23. The quantitative estimate of drug-likeness (QED) is 0.632. The van der Waals surface area contributed by atoms with E-state index in [9.17, 15) is 9.59 Å². The highest BCUT2D eigenvalue weighted by molar-refractivity contribution is 6.32. The number of benzene rings is 1. The number of hydrogen-bond acceptors (Lipinski definition) is 5. The Bertz CT molecular complexity index is 555. The second kappa shape index (κ2) is 6.80. The van der Waals surface area contributed by atoms with Gasteiger partial charge in [-0.1, -0.05) is 18.5 Å². The summed E-state index contributed by atoms with van der Waals surface area (Å²) in [6.07, 6.45) is 0.786. The fraction of sp³-hybridized carbons (Fsp3) is 0.467. The minimum Gasteiger partial charge on any atom is -0.489 e. The van der Waals surface area contributed by atoms with Crippen LogP contribution in [0.25, 0.3) is 0 Å². The van der Waals surface area contributed by atoms with Gasteiger partial charge in [0.05, 0.1) is 31.8 Å². The first kappa shape index (κ1) is 15.6. The molecule has 0 bridgehead atoms. The van der Waals surface area contributed by atoms with Gasteiger partial charge in [0, 0.05) is 17.9 Å². The lowest BCUT2D eigenvalue weighted by atomic mass is 9.96. The highest BCUT2D eigenvalue weighted by Crippen LogP contribution is 2.38. The lowest BCUT2D eigenvalue weighted by molar-refractivity contribution is -0.141. The van der Waals surface area contributed by atoms with E-state index in [2.05, 4.69) is 4.74 Å². The zero-order chi connectivity index (χ0) is 15.4. The molecule has 0 fully saturated rings. The van der Waals surface area contributed by atoms with Crippen molar-refractivity contribution in [2.24, 2.45) is 5.92 Å². The van der Waals surface area contributed by atoms with Crippen molar-refractivity contribution < 1.29 is 23.8 Å². The molecule has 0 spiro atoms. The number of esters is 1. The molecule has 114 valence electrons. The third-order valence-corrected chi connectivity index (χ3v) is 3.52. The number of carbonyl (C=O) groups excluding carboxylic acids is 2. The van der Waals surface area contributed by atoms with E-state index in [4.69, 9.17) is 21.1 Å². The largest absolute Gasteiger partial charge is 0.489 e. The van der Waals surface area contributed by atoms with Gasteiger partial charge in [0.1, 0.15) is 0 Å². The van der Waals surface area contributed by atoms with E-state index in [0.29, 0.717) is 35.3 Å². The molecule has 0 saturated heterocycles. The number of hydrogen-bond donors (Lipinski definition) is 0. The van der Waals surface area contributed by atoms with Crippen molar-refractivity contribution in [3.63, 3.8) is 0 Å². The summed E-state index contributed by atoms with van der Waals surface area (Å²) in [6.45, 7) is 2.72. The molecular weight excluding hydrogens is 296 g/mol. The van der Waals surface area contributed by atoms with Crippen molar-refractivity contribution in [3.05, 3.63) is 22.7 Å². The number of fused-ring (bicyclic) bond motifs is 1. The Morgan fingerprint density at radius 2 is 2.05 bits per heavy atom. The van der Waals surface area contributed by atoms with E-state index >= 15 is 0 Å². The third-order valence-electron chi connectivity index (χ3n) is 3.23. The Morgan fingerprint density at radius 3 is 2.76 bits per heavy atom. The van der Waals surface area contributed by atoms with Gasteiger partial charge in [0.15, 0.2) is 17.3 Å². The van der Waals surface area contributed by atoms with Crippen LogP contribution in [0.2, 0.25) is 5.02 Å². The lowest BCUT2D eigenvalue weighted by Crippen LogP contribution is -2.16. The number of rotatable bonds is 4. The summed E-state index contributed by atoms with van der Waals surface area (Å²) < 4.78 is 15.6. The molecule has 0 aromatic heterocycles. The highest BCUT2D eigenvalue weighted by atomic mass is 35.5. The second-order valence-electron chi connectivity index (χ2n) is 4.88. The molecule has 1 atom stereocenters. The number of ketones is 1. The van der Waals surface area contributed by atoms with Crippen molar-refractivity contribution in [2.45, 2.75) is 19.8 Å². The van der Waals surface area contributed by atoms with E-state index in [1.807, 2.05) is 0 Å². The standard InChI is InChI=1S/C15H17ClO5/c1-9(6-13(17)19-2)14(18)10-7-11(16)15-12(8-10)20-4-3-5-21-15/h7-9H,3-6H2,1-2H3. The average Bonchev–Trinajstić information content (AvgIpc) is 2.71. The summed E-state index contributed by atoms with van der Waals surface area (Å²) in [5.41, 5.74) is 0.403. The van der Waals surface area contributed by atoms with Crippen LogP contribution in [0.4, 0.5) is 0 Å². The van der Waals surface area contributed by atoms with Crippen molar-refractivity contribution in [1.82, 2.24) is 0 Å². The van der Waals surface area contributed by atoms with Crippen LogP contribution in [0.3, 0.4) is 0 Å². The Morgan fingerprint density at radius 1 is 1.33 bits per heavy atom. The van der Waals surface area contributed by atoms with E-state index in [-0.39, 0.29) is 12.2 Å². The summed E-state index contributed by atoms with van der Waals surface area (Å²) >= 11 is 6.15. The zero-order valence-electron chi connectivity index (χ0n) is 12.0. The van der Waals surface area contributed by atoms with Gasteiger partial charge in [-0.3, -0.25) is 9.59 Å². The topological polar surface area (TPSA) is 61.8 Å². The van der Waals surface area contributed by atoms with Gasteiger partial charge in [0.2, 0.25) is 0 Å². The molecule has 0 N–H and O–H groups in total. The molecule has 21 heavy (non-hydrogen) atoms. The first-order valence-electron chi connectivity index (χ1n) is 6.73. The smallest absolute Gasteiger partial charge is 0.306 e. The maximum Gasteiger partial charge on any atom is 0.306 e. The van der Waals surface area contributed by atoms with Crippen LogP contribution in [-0.2, 0) is 9.53 Å². The zero-order valence-corrected chi connectivity index (χ0v) is 12.7. The van der Waals surface area contributed by atoms with Crippen LogP contribution in [0, 0.1) is 5.92 Å². The van der Waals surface area contributed by atoms with Crippen molar-refractivity contribution in [1.29, 1.82) is 0 Å². The number of methoxy groups -OCH3 is 1. The molecule has 1 aromatic rings. The minimum atomic E-state index is -0.488. The number of carbonyl (C=O) groups is 2. The molecule has 0 saturated carbocycles.